The van der Waals surface area contributed by atoms with Gasteiger partial charge in [-0.05, 0) is 28.1 Å². The molecule has 4 heteroatoms. The van der Waals surface area contributed by atoms with Crippen LogP contribution in [0.1, 0.15) is 0 Å². The van der Waals surface area contributed by atoms with E-state index in [1.54, 1.807) is 22.9 Å². The first-order chi connectivity index (χ1) is 6.11. The number of fused-ring (bicyclic) bond motifs is 1. The van der Waals surface area contributed by atoms with Crippen LogP contribution < -0.4 is 0 Å². The van der Waals surface area contributed by atoms with Crippen LogP contribution in [-0.4, -0.2) is 9.67 Å². The molecule has 0 radical (unpaired) electrons. The van der Waals surface area contributed by atoms with Gasteiger partial charge in [0, 0.05) is 18.6 Å². The zero-order chi connectivity index (χ0) is 9.59. The molecular formula is C9H7BrFNO. The monoisotopic (exact) mass is 243 g/mol. The van der Waals surface area contributed by atoms with Gasteiger partial charge in [-0.3, -0.25) is 0 Å². The minimum atomic E-state index is -0.579. The molecule has 13 heavy (non-hydrogen) atoms. The van der Waals surface area contributed by atoms with Crippen molar-refractivity contribution in [3.8, 4) is 5.75 Å². The molecule has 1 aromatic heterocycles. The van der Waals surface area contributed by atoms with Gasteiger partial charge in [-0.1, -0.05) is 0 Å². The van der Waals surface area contributed by atoms with Crippen molar-refractivity contribution in [1.82, 2.24) is 4.57 Å². The lowest BCUT2D eigenvalue weighted by Crippen LogP contribution is -1.86. The first-order valence-electron chi connectivity index (χ1n) is 3.73. The molecule has 2 nitrogen and oxygen atoms in total. The largest absolute Gasteiger partial charge is 0.504 e. The Morgan fingerprint density at radius 1 is 1.54 bits per heavy atom. The highest BCUT2D eigenvalue weighted by atomic mass is 79.9. The number of halogens is 2. The molecule has 0 atom stereocenters. The number of phenolic OH excluding ortho intramolecular Hbond substituents is 1. The van der Waals surface area contributed by atoms with Gasteiger partial charge in [0.25, 0.3) is 0 Å². The van der Waals surface area contributed by atoms with Crippen molar-refractivity contribution in [2.45, 2.75) is 0 Å². The number of nitrogens with zero attached hydrogens (tertiary/aromatic N) is 1. The van der Waals surface area contributed by atoms with E-state index in [1.165, 1.54) is 0 Å². The third kappa shape index (κ3) is 1.13. The highest BCUT2D eigenvalue weighted by Crippen LogP contribution is 2.33. The summed E-state index contributed by atoms with van der Waals surface area (Å²) in [5.74, 6) is -0.913. The second-order valence-corrected chi connectivity index (χ2v) is 3.73. The molecule has 0 unspecified atom stereocenters. The molecule has 1 heterocycles. The number of aromatic nitrogens is 1. The van der Waals surface area contributed by atoms with Crippen LogP contribution in [0.15, 0.2) is 22.8 Å². The summed E-state index contributed by atoms with van der Waals surface area (Å²) < 4.78 is 15.5. The van der Waals surface area contributed by atoms with Gasteiger partial charge < -0.3 is 9.67 Å². The molecular weight excluding hydrogens is 237 g/mol. The minimum absolute atomic E-state index is 0.335. The molecule has 0 saturated carbocycles. The number of hydrogen-bond acceptors (Lipinski definition) is 1. The third-order valence-electron chi connectivity index (χ3n) is 2.05. The van der Waals surface area contributed by atoms with Crippen LogP contribution in [0.25, 0.3) is 10.9 Å². The first-order valence-corrected chi connectivity index (χ1v) is 4.52. The fraction of sp³-hybridized carbons (Fsp3) is 0.111. The summed E-state index contributed by atoms with van der Waals surface area (Å²) in [5, 5.41) is 9.72. The van der Waals surface area contributed by atoms with Gasteiger partial charge >= 0.3 is 0 Å². The van der Waals surface area contributed by atoms with Crippen molar-refractivity contribution in [3.63, 3.8) is 0 Å². The van der Waals surface area contributed by atoms with Crippen LogP contribution in [-0.2, 0) is 7.05 Å². The zero-order valence-electron chi connectivity index (χ0n) is 6.88. The van der Waals surface area contributed by atoms with Crippen LogP contribution in [0, 0.1) is 5.82 Å². The van der Waals surface area contributed by atoms with Gasteiger partial charge in [0.15, 0.2) is 11.6 Å². The zero-order valence-corrected chi connectivity index (χ0v) is 8.47. The topological polar surface area (TPSA) is 25.2 Å². The lowest BCUT2D eigenvalue weighted by atomic mass is 10.2. The molecule has 0 saturated heterocycles. The van der Waals surface area contributed by atoms with Crippen molar-refractivity contribution in [2.24, 2.45) is 7.05 Å². The SMILES string of the molecule is Cn1ccc2c(F)c(O)c(Br)cc21. The maximum Gasteiger partial charge on any atom is 0.175 e. The van der Waals surface area contributed by atoms with E-state index in [0.717, 1.165) is 5.52 Å². The predicted octanol–water partition coefficient (Wildman–Crippen LogP) is 2.79. The van der Waals surface area contributed by atoms with Gasteiger partial charge in [0.1, 0.15) is 0 Å². The molecule has 0 aliphatic rings. The molecule has 2 aromatic rings. The van der Waals surface area contributed by atoms with E-state index < -0.39 is 5.82 Å². The Labute approximate surface area is 82.7 Å². The number of aryl methyl sites for hydroxylation is 1. The highest BCUT2D eigenvalue weighted by Gasteiger charge is 2.12. The molecule has 68 valence electrons. The van der Waals surface area contributed by atoms with Crippen LogP contribution in [0.3, 0.4) is 0 Å². The molecule has 0 bridgehead atoms. The van der Waals surface area contributed by atoms with Crippen molar-refractivity contribution in [1.29, 1.82) is 0 Å². The fourth-order valence-electron chi connectivity index (χ4n) is 1.33. The number of aromatic hydroxyl groups is 1. The lowest BCUT2D eigenvalue weighted by Gasteiger charge is -2.01. The van der Waals surface area contributed by atoms with Gasteiger partial charge in [0.05, 0.1) is 9.99 Å². The number of rotatable bonds is 0. The smallest absolute Gasteiger partial charge is 0.175 e. The molecule has 1 aromatic carbocycles. The van der Waals surface area contributed by atoms with Crippen LogP contribution >= 0.6 is 15.9 Å². The minimum Gasteiger partial charge on any atom is -0.504 e. The summed E-state index contributed by atoms with van der Waals surface area (Å²) in [6.07, 6.45) is 1.75. The van der Waals surface area contributed by atoms with Gasteiger partial charge in [-0.25, -0.2) is 4.39 Å². The van der Waals surface area contributed by atoms with E-state index in [0.29, 0.717) is 9.86 Å². The number of hydrogen-bond donors (Lipinski definition) is 1. The average Bonchev–Trinajstić information content (AvgIpc) is 2.45. The predicted molar refractivity (Wildman–Crippen MR) is 52.2 cm³/mol. The normalized spacial score (nSPS) is 11.0. The van der Waals surface area contributed by atoms with E-state index in [9.17, 15) is 9.50 Å². The Balaban J connectivity index is 2.96. The van der Waals surface area contributed by atoms with E-state index in [-0.39, 0.29) is 5.75 Å². The average molecular weight is 244 g/mol. The quantitative estimate of drug-likeness (QED) is 0.757. The molecule has 2 rings (SSSR count). The van der Waals surface area contributed by atoms with Gasteiger partial charge in [0.2, 0.25) is 0 Å². The Morgan fingerprint density at radius 3 is 2.92 bits per heavy atom. The highest BCUT2D eigenvalue weighted by molar-refractivity contribution is 9.10. The number of phenols is 1. The maximum absolute atomic E-state index is 13.4. The molecule has 1 N–H and O–H groups in total. The molecule has 0 aliphatic heterocycles. The lowest BCUT2D eigenvalue weighted by molar-refractivity contribution is 0.433. The summed E-state index contributed by atoms with van der Waals surface area (Å²) in [4.78, 5) is 0. The second-order valence-electron chi connectivity index (χ2n) is 2.88. The van der Waals surface area contributed by atoms with Crippen molar-refractivity contribution in [3.05, 3.63) is 28.6 Å². The van der Waals surface area contributed by atoms with E-state index in [2.05, 4.69) is 15.9 Å². The van der Waals surface area contributed by atoms with E-state index in [4.69, 9.17) is 0 Å². The molecule has 0 amide bonds. The Hall–Kier alpha value is -1.03. The Bertz CT molecular complexity index is 478. The van der Waals surface area contributed by atoms with Gasteiger partial charge in [-0.15, -0.1) is 0 Å². The Morgan fingerprint density at radius 2 is 2.23 bits per heavy atom. The number of benzene rings is 1. The van der Waals surface area contributed by atoms with Crippen LogP contribution in [0.4, 0.5) is 4.39 Å². The second kappa shape index (κ2) is 2.73. The van der Waals surface area contributed by atoms with Crippen molar-refractivity contribution >= 4 is 26.8 Å². The Kier molecular flexibility index (Phi) is 1.80. The fourth-order valence-corrected chi connectivity index (χ4v) is 1.72. The summed E-state index contributed by atoms with van der Waals surface area (Å²) >= 11 is 3.08. The van der Waals surface area contributed by atoms with Crippen LogP contribution in [0.2, 0.25) is 0 Å². The van der Waals surface area contributed by atoms with Crippen molar-refractivity contribution in [2.75, 3.05) is 0 Å². The standard InChI is InChI=1S/C9H7BrFNO/c1-12-3-2-5-7(12)4-6(10)9(13)8(5)11/h2-4,13H,1H3. The molecule has 0 fully saturated rings. The summed E-state index contributed by atoms with van der Waals surface area (Å²) in [5.41, 5.74) is 0.752. The van der Waals surface area contributed by atoms with E-state index >= 15 is 0 Å². The third-order valence-corrected chi connectivity index (χ3v) is 2.66. The van der Waals surface area contributed by atoms with E-state index in [1.807, 2.05) is 7.05 Å². The summed E-state index contributed by atoms with van der Waals surface area (Å²) in [6.45, 7) is 0. The van der Waals surface area contributed by atoms with Crippen molar-refractivity contribution < 1.29 is 9.50 Å². The van der Waals surface area contributed by atoms with Crippen LogP contribution in [0.5, 0.6) is 5.75 Å². The first kappa shape index (κ1) is 8.56. The molecule has 0 aliphatic carbocycles. The maximum atomic E-state index is 13.4. The molecule has 0 spiro atoms. The van der Waals surface area contributed by atoms with Gasteiger partial charge in [-0.2, -0.15) is 0 Å². The summed E-state index contributed by atoms with van der Waals surface area (Å²) in [7, 11) is 1.82. The summed E-state index contributed by atoms with van der Waals surface area (Å²) in [6, 6.07) is 3.32.